The van der Waals surface area contributed by atoms with Crippen LogP contribution in [0.25, 0.3) is 6.08 Å². The Labute approximate surface area is 196 Å². The summed E-state index contributed by atoms with van der Waals surface area (Å²) in [5.74, 6) is 0.0445. The van der Waals surface area contributed by atoms with Gasteiger partial charge in [-0.1, -0.05) is 41.7 Å². The number of aromatic hydroxyl groups is 1. The smallest absolute Gasteiger partial charge is 0.266 e. The van der Waals surface area contributed by atoms with Crippen molar-refractivity contribution in [3.63, 3.8) is 0 Å². The third-order valence-electron chi connectivity index (χ3n) is 4.79. The molecule has 0 unspecified atom stereocenters. The number of carbonyl (C=O) groups excluding carboxylic acids is 2. The minimum Gasteiger partial charge on any atom is -0.502 e. The summed E-state index contributed by atoms with van der Waals surface area (Å²) in [5.41, 5.74) is 2.50. The molecule has 1 fully saturated rings. The number of rotatable bonds is 8. The van der Waals surface area contributed by atoms with Gasteiger partial charge in [0.1, 0.15) is 4.32 Å². The average molecular weight is 473 g/mol. The van der Waals surface area contributed by atoms with Gasteiger partial charge in [-0.3, -0.25) is 14.5 Å². The predicted molar refractivity (Wildman–Crippen MR) is 130 cm³/mol. The second kappa shape index (κ2) is 10.5. The molecule has 1 aliphatic heterocycles. The van der Waals surface area contributed by atoms with E-state index in [0.717, 1.165) is 11.3 Å². The number of nitrogens with one attached hydrogen (secondary N) is 1. The molecule has 0 aromatic heterocycles. The first-order valence-electron chi connectivity index (χ1n) is 9.89. The predicted octanol–water partition coefficient (Wildman–Crippen LogP) is 4.34. The highest BCUT2D eigenvalue weighted by atomic mass is 32.2. The van der Waals surface area contributed by atoms with E-state index in [1.165, 1.54) is 30.9 Å². The lowest BCUT2D eigenvalue weighted by Gasteiger charge is -2.14. The monoisotopic (exact) mass is 472 g/mol. The van der Waals surface area contributed by atoms with Gasteiger partial charge in [0.25, 0.3) is 5.91 Å². The molecule has 1 aliphatic rings. The molecule has 0 bridgehead atoms. The highest BCUT2D eigenvalue weighted by molar-refractivity contribution is 8.26. The normalized spacial score (nSPS) is 14.7. The standard InChI is InChI=1S/C23H24N2O5S2/c1-14-6-8-16(9-7-14)24-20(26)5-4-10-25-22(28)19(32-23(25)31)13-15-11-17(29-2)21(27)18(12-15)30-3/h6-9,11-13,27H,4-5,10H2,1-3H3,(H,24,26)/b19-13-. The van der Waals surface area contributed by atoms with Gasteiger partial charge < -0.3 is 19.9 Å². The van der Waals surface area contributed by atoms with Crippen molar-refractivity contribution in [3.05, 3.63) is 52.4 Å². The third-order valence-corrected chi connectivity index (χ3v) is 6.17. The Morgan fingerprint density at radius 3 is 2.41 bits per heavy atom. The summed E-state index contributed by atoms with van der Waals surface area (Å²) in [6.45, 7) is 2.34. The van der Waals surface area contributed by atoms with E-state index in [0.29, 0.717) is 27.8 Å². The molecule has 0 saturated carbocycles. The van der Waals surface area contributed by atoms with Crippen LogP contribution in [0.15, 0.2) is 41.3 Å². The average Bonchev–Trinajstić information content (AvgIpc) is 3.03. The first-order chi connectivity index (χ1) is 15.3. The number of methoxy groups -OCH3 is 2. The Morgan fingerprint density at radius 2 is 1.81 bits per heavy atom. The number of thiocarbonyl (C=S) groups is 1. The molecule has 2 amide bonds. The van der Waals surface area contributed by atoms with Gasteiger partial charge in [0.05, 0.1) is 19.1 Å². The first-order valence-corrected chi connectivity index (χ1v) is 11.1. The van der Waals surface area contributed by atoms with Crippen LogP contribution in [0.2, 0.25) is 0 Å². The largest absolute Gasteiger partial charge is 0.502 e. The molecule has 2 aromatic rings. The van der Waals surface area contributed by atoms with Crippen LogP contribution in [0.5, 0.6) is 17.2 Å². The van der Waals surface area contributed by atoms with E-state index in [-0.39, 0.29) is 35.5 Å². The number of benzene rings is 2. The van der Waals surface area contributed by atoms with Gasteiger partial charge in [-0.15, -0.1) is 0 Å². The van der Waals surface area contributed by atoms with E-state index in [1.807, 2.05) is 31.2 Å². The van der Waals surface area contributed by atoms with E-state index in [9.17, 15) is 14.7 Å². The lowest BCUT2D eigenvalue weighted by molar-refractivity contribution is -0.122. The maximum absolute atomic E-state index is 12.8. The number of hydrogen-bond acceptors (Lipinski definition) is 7. The van der Waals surface area contributed by atoms with Crippen molar-refractivity contribution in [1.82, 2.24) is 4.90 Å². The van der Waals surface area contributed by atoms with E-state index < -0.39 is 0 Å². The van der Waals surface area contributed by atoms with Crippen molar-refractivity contribution < 1.29 is 24.2 Å². The van der Waals surface area contributed by atoms with Crippen LogP contribution < -0.4 is 14.8 Å². The molecule has 0 radical (unpaired) electrons. The Kier molecular flexibility index (Phi) is 7.76. The van der Waals surface area contributed by atoms with Crippen LogP contribution >= 0.6 is 24.0 Å². The van der Waals surface area contributed by atoms with Crippen molar-refractivity contribution in [2.24, 2.45) is 0 Å². The molecule has 7 nitrogen and oxygen atoms in total. The molecule has 2 N–H and O–H groups in total. The Bertz CT molecular complexity index is 1040. The molecular weight excluding hydrogens is 448 g/mol. The zero-order valence-corrected chi connectivity index (χ0v) is 19.6. The molecule has 0 spiro atoms. The summed E-state index contributed by atoms with van der Waals surface area (Å²) in [5, 5.41) is 12.9. The summed E-state index contributed by atoms with van der Waals surface area (Å²) in [6.07, 6.45) is 2.43. The number of thioether (sulfide) groups is 1. The summed E-state index contributed by atoms with van der Waals surface area (Å²) in [7, 11) is 2.87. The Morgan fingerprint density at radius 1 is 1.19 bits per heavy atom. The summed E-state index contributed by atoms with van der Waals surface area (Å²) in [6, 6.07) is 10.8. The zero-order valence-electron chi connectivity index (χ0n) is 18.0. The van der Waals surface area contributed by atoms with Gasteiger partial charge in [0, 0.05) is 18.7 Å². The highest BCUT2D eigenvalue weighted by Crippen LogP contribution is 2.39. The van der Waals surface area contributed by atoms with Crippen LogP contribution in [0, 0.1) is 6.92 Å². The molecule has 0 atom stereocenters. The number of aryl methyl sites for hydroxylation is 1. The van der Waals surface area contributed by atoms with Crippen molar-refractivity contribution >= 4 is 51.9 Å². The van der Waals surface area contributed by atoms with Crippen LogP contribution in [-0.2, 0) is 9.59 Å². The molecule has 2 aromatic carbocycles. The van der Waals surface area contributed by atoms with Gasteiger partial charge in [0.2, 0.25) is 11.7 Å². The minimum absolute atomic E-state index is 0.108. The van der Waals surface area contributed by atoms with E-state index in [1.54, 1.807) is 18.2 Å². The highest BCUT2D eigenvalue weighted by Gasteiger charge is 2.31. The number of nitrogens with zero attached hydrogens (tertiary/aromatic N) is 1. The van der Waals surface area contributed by atoms with Gasteiger partial charge in [-0.25, -0.2) is 0 Å². The summed E-state index contributed by atoms with van der Waals surface area (Å²) < 4.78 is 10.8. The summed E-state index contributed by atoms with van der Waals surface area (Å²) >= 11 is 6.56. The van der Waals surface area contributed by atoms with Crippen molar-refractivity contribution in [3.8, 4) is 17.2 Å². The zero-order chi connectivity index (χ0) is 23.3. The SMILES string of the molecule is COc1cc(/C=C2\SC(=S)N(CCCC(=O)Nc3ccc(C)cc3)C2=O)cc(OC)c1O. The summed E-state index contributed by atoms with van der Waals surface area (Å²) in [4.78, 5) is 27.0. The maximum atomic E-state index is 12.8. The number of phenols is 1. The van der Waals surface area contributed by atoms with Crippen molar-refractivity contribution in [1.29, 1.82) is 0 Å². The Balaban J connectivity index is 1.61. The fourth-order valence-corrected chi connectivity index (χ4v) is 4.41. The number of phenolic OH excluding ortho intramolecular Hbond substituents is 1. The number of amides is 2. The van der Waals surface area contributed by atoms with Gasteiger partial charge in [-0.2, -0.15) is 0 Å². The molecular formula is C23H24N2O5S2. The topological polar surface area (TPSA) is 88.1 Å². The van der Waals surface area contributed by atoms with E-state index >= 15 is 0 Å². The Hall–Kier alpha value is -3.04. The van der Waals surface area contributed by atoms with Crippen LogP contribution in [0.1, 0.15) is 24.0 Å². The van der Waals surface area contributed by atoms with Crippen molar-refractivity contribution in [2.75, 3.05) is 26.1 Å². The fourth-order valence-electron chi connectivity index (χ4n) is 3.10. The lowest BCUT2D eigenvalue weighted by atomic mass is 10.1. The molecule has 0 aliphatic carbocycles. The molecule has 1 heterocycles. The van der Waals surface area contributed by atoms with Crippen molar-refractivity contribution in [2.45, 2.75) is 19.8 Å². The minimum atomic E-state index is -0.218. The third kappa shape index (κ3) is 5.60. The van der Waals surface area contributed by atoms with Crippen LogP contribution in [0.3, 0.4) is 0 Å². The number of hydrogen-bond donors (Lipinski definition) is 2. The lowest BCUT2D eigenvalue weighted by Crippen LogP contribution is -2.29. The van der Waals surface area contributed by atoms with Gasteiger partial charge >= 0.3 is 0 Å². The molecule has 168 valence electrons. The van der Waals surface area contributed by atoms with Crippen LogP contribution in [-0.4, -0.2) is 46.9 Å². The molecule has 1 saturated heterocycles. The van der Waals surface area contributed by atoms with E-state index in [2.05, 4.69) is 5.32 Å². The number of carbonyl (C=O) groups is 2. The quantitative estimate of drug-likeness (QED) is 0.436. The molecule has 32 heavy (non-hydrogen) atoms. The van der Waals surface area contributed by atoms with Gasteiger partial charge in [-0.05, 0) is 49.2 Å². The number of ether oxygens (including phenoxy) is 2. The van der Waals surface area contributed by atoms with Gasteiger partial charge in [0.15, 0.2) is 11.5 Å². The first kappa shape index (κ1) is 23.6. The number of anilines is 1. The van der Waals surface area contributed by atoms with Crippen LogP contribution in [0.4, 0.5) is 5.69 Å². The fraction of sp³-hybridized carbons (Fsp3) is 0.261. The second-order valence-electron chi connectivity index (χ2n) is 7.13. The van der Waals surface area contributed by atoms with E-state index in [4.69, 9.17) is 21.7 Å². The molecule has 9 heteroatoms. The molecule has 3 rings (SSSR count). The maximum Gasteiger partial charge on any atom is 0.266 e. The second-order valence-corrected chi connectivity index (χ2v) is 8.80.